The van der Waals surface area contributed by atoms with Gasteiger partial charge in [-0.05, 0) is 86.9 Å². The highest BCUT2D eigenvalue weighted by atomic mass is 16.5. The standard InChI is InChI=1S/C32H52O6/c1-4-5-6-7-24-8-10-25(11-9-24)26-12-13-28-17-29(15-14-27(28)16-26)30(20-37-31(35)22(2)18-33)21-38-32(36)23(3)19-34/h24-30,33-34H,2-21H2,1H3. The summed E-state index contributed by atoms with van der Waals surface area (Å²) in [5, 5.41) is 18.4. The SMILES string of the molecule is C=C(CO)C(=O)OCC(COC(=O)C(=C)CO)C1CCC2CC(C3CCC(CCCCC)CC3)CCC2C1. The number of rotatable bonds is 14. The lowest BCUT2D eigenvalue weighted by atomic mass is 9.59. The van der Waals surface area contributed by atoms with Crippen molar-refractivity contribution < 1.29 is 29.3 Å². The summed E-state index contributed by atoms with van der Waals surface area (Å²) in [4.78, 5) is 24.2. The van der Waals surface area contributed by atoms with Crippen molar-refractivity contribution in [2.24, 2.45) is 41.4 Å². The van der Waals surface area contributed by atoms with E-state index in [4.69, 9.17) is 9.47 Å². The minimum absolute atomic E-state index is 0.0198. The van der Waals surface area contributed by atoms with Crippen LogP contribution in [0.15, 0.2) is 24.3 Å². The maximum absolute atomic E-state index is 12.1. The van der Waals surface area contributed by atoms with Crippen molar-refractivity contribution in [2.75, 3.05) is 26.4 Å². The fraction of sp³-hybridized carbons (Fsp3) is 0.812. The Hall–Kier alpha value is -1.66. The molecule has 216 valence electrons. The number of aliphatic hydroxyl groups is 2. The zero-order chi connectivity index (χ0) is 27.5. The van der Waals surface area contributed by atoms with Gasteiger partial charge in [-0.25, -0.2) is 9.59 Å². The molecule has 3 rings (SSSR count). The molecule has 0 saturated heterocycles. The molecule has 0 radical (unpaired) electrons. The Labute approximate surface area is 230 Å². The van der Waals surface area contributed by atoms with Crippen LogP contribution >= 0.6 is 0 Å². The van der Waals surface area contributed by atoms with Crippen LogP contribution in [-0.2, 0) is 19.1 Å². The van der Waals surface area contributed by atoms with Crippen LogP contribution < -0.4 is 0 Å². The van der Waals surface area contributed by atoms with E-state index in [1.807, 2.05) is 0 Å². The predicted molar refractivity (Wildman–Crippen MR) is 149 cm³/mol. The molecule has 0 aromatic carbocycles. The van der Waals surface area contributed by atoms with Crippen LogP contribution in [0.4, 0.5) is 0 Å². The van der Waals surface area contributed by atoms with Crippen molar-refractivity contribution in [3.05, 3.63) is 24.3 Å². The predicted octanol–water partition coefficient (Wildman–Crippen LogP) is 6.01. The summed E-state index contributed by atoms with van der Waals surface area (Å²) >= 11 is 0. The van der Waals surface area contributed by atoms with Crippen LogP contribution in [0.3, 0.4) is 0 Å². The number of hydrogen-bond acceptors (Lipinski definition) is 6. The number of unbranched alkanes of at least 4 members (excludes halogenated alkanes) is 2. The molecule has 0 heterocycles. The molecule has 2 N–H and O–H groups in total. The zero-order valence-corrected chi connectivity index (χ0v) is 23.7. The zero-order valence-electron chi connectivity index (χ0n) is 23.7. The first kappa shape index (κ1) is 30.9. The maximum Gasteiger partial charge on any atom is 0.335 e. The molecule has 0 bridgehead atoms. The van der Waals surface area contributed by atoms with E-state index in [2.05, 4.69) is 20.1 Å². The van der Waals surface area contributed by atoms with Gasteiger partial charge in [0.2, 0.25) is 0 Å². The normalized spacial score (nSPS) is 29.4. The molecule has 3 aliphatic carbocycles. The summed E-state index contributed by atoms with van der Waals surface area (Å²) in [7, 11) is 0. The second-order valence-electron chi connectivity index (χ2n) is 12.4. The molecule has 38 heavy (non-hydrogen) atoms. The van der Waals surface area contributed by atoms with E-state index in [1.165, 1.54) is 77.0 Å². The third-order valence-electron chi connectivity index (χ3n) is 9.95. The van der Waals surface area contributed by atoms with Gasteiger partial charge in [-0.2, -0.15) is 0 Å². The van der Waals surface area contributed by atoms with Crippen molar-refractivity contribution in [3.8, 4) is 0 Å². The summed E-state index contributed by atoms with van der Waals surface area (Å²) < 4.78 is 10.9. The van der Waals surface area contributed by atoms with E-state index < -0.39 is 25.2 Å². The van der Waals surface area contributed by atoms with Crippen LogP contribution in [0.1, 0.15) is 96.8 Å². The minimum atomic E-state index is -0.613. The lowest BCUT2D eigenvalue weighted by Gasteiger charge is -2.46. The Morgan fingerprint density at radius 3 is 1.79 bits per heavy atom. The topological polar surface area (TPSA) is 93.1 Å². The van der Waals surface area contributed by atoms with Crippen molar-refractivity contribution in [1.29, 1.82) is 0 Å². The average molecular weight is 533 g/mol. The lowest BCUT2D eigenvalue weighted by molar-refractivity contribution is -0.146. The highest BCUT2D eigenvalue weighted by Gasteiger charge is 2.41. The molecule has 0 aromatic rings. The van der Waals surface area contributed by atoms with Crippen molar-refractivity contribution in [1.82, 2.24) is 0 Å². The number of esters is 2. The van der Waals surface area contributed by atoms with Crippen LogP contribution in [-0.4, -0.2) is 48.6 Å². The lowest BCUT2D eigenvalue weighted by Crippen LogP contribution is -2.38. The van der Waals surface area contributed by atoms with E-state index in [0.717, 1.165) is 36.5 Å². The maximum atomic E-state index is 12.1. The molecular formula is C32H52O6. The fourth-order valence-electron chi connectivity index (χ4n) is 7.47. The van der Waals surface area contributed by atoms with E-state index in [0.29, 0.717) is 11.8 Å². The summed E-state index contributed by atoms with van der Waals surface area (Å²) in [6.07, 6.45) is 18.5. The summed E-state index contributed by atoms with van der Waals surface area (Å²) in [5.74, 6) is 3.19. The Morgan fingerprint density at radius 1 is 0.737 bits per heavy atom. The summed E-state index contributed by atoms with van der Waals surface area (Å²) in [6, 6.07) is 0. The van der Waals surface area contributed by atoms with Crippen LogP contribution in [0.2, 0.25) is 0 Å². The molecule has 3 fully saturated rings. The molecule has 4 unspecified atom stereocenters. The second-order valence-corrected chi connectivity index (χ2v) is 12.4. The minimum Gasteiger partial charge on any atom is -0.462 e. The number of aliphatic hydroxyl groups excluding tert-OH is 2. The first-order valence-electron chi connectivity index (χ1n) is 15.3. The average Bonchev–Trinajstić information content (AvgIpc) is 2.95. The monoisotopic (exact) mass is 532 g/mol. The van der Waals surface area contributed by atoms with Crippen LogP contribution in [0.25, 0.3) is 0 Å². The molecular weight excluding hydrogens is 480 g/mol. The van der Waals surface area contributed by atoms with Gasteiger partial charge in [-0.3, -0.25) is 0 Å². The van der Waals surface area contributed by atoms with E-state index in [-0.39, 0.29) is 30.3 Å². The largest absolute Gasteiger partial charge is 0.462 e. The Bertz CT molecular complexity index is 751. The number of ether oxygens (including phenoxy) is 2. The van der Waals surface area contributed by atoms with E-state index in [9.17, 15) is 19.8 Å². The van der Waals surface area contributed by atoms with Gasteiger partial charge in [0.05, 0.1) is 37.6 Å². The number of fused-ring (bicyclic) bond motifs is 1. The van der Waals surface area contributed by atoms with Gasteiger partial charge in [0, 0.05) is 5.92 Å². The first-order valence-corrected chi connectivity index (χ1v) is 15.3. The van der Waals surface area contributed by atoms with Gasteiger partial charge in [-0.1, -0.05) is 58.6 Å². The second kappa shape index (κ2) is 15.8. The van der Waals surface area contributed by atoms with Gasteiger partial charge in [0.1, 0.15) is 0 Å². The molecule has 0 aliphatic heterocycles. The van der Waals surface area contributed by atoms with Crippen molar-refractivity contribution in [3.63, 3.8) is 0 Å². The van der Waals surface area contributed by atoms with Gasteiger partial charge < -0.3 is 19.7 Å². The van der Waals surface area contributed by atoms with Gasteiger partial charge in [-0.15, -0.1) is 0 Å². The van der Waals surface area contributed by atoms with Crippen LogP contribution in [0.5, 0.6) is 0 Å². The Morgan fingerprint density at radius 2 is 1.24 bits per heavy atom. The number of hydrogen-bond donors (Lipinski definition) is 2. The van der Waals surface area contributed by atoms with Crippen molar-refractivity contribution >= 4 is 11.9 Å². The third-order valence-corrected chi connectivity index (χ3v) is 9.95. The molecule has 3 saturated carbocycles. The summed E-state index contributed by atoms with van der Waals surface area (Å²) in [6.45, 7) is 8.75. The first-order chi connectivity index (χ1) is 18.4. The smallest absolute Gasteiger partial charge is 0.335 e. The molecule has 0 aromatic heterocycles. The van der Waals surface area contributed by atoms with Gasteiger partial charge >= 0.3 is 11.9 Å². The van der Waals surface area contributed by atoms with Crippen molar-refractivity contribution in [2.45, 2.75) is 96.8 Å². The van der Waals surface area contributed by atoms with Crippen LogP contribution in [0, 0.1) is 41.4 Å². The highest BCUT2D eigenvalue weighted by molar-refractivity contribution is 5.88. The molecule has 6 heteroatoms. The fourth-order valence-corrected chi connectivity index (χ4v) is 7.47. The van der Waals surface area contributed by atoms with E-state index in [1.54, 1.807) is 0 Å². The summed E-state index contributed by atoms with van der Waals surface area (Å²) in [5.41, 5.74) is 0.0397. The molecule has 0 amide bonds. The Kier molecular flexibility index (Phi) is 12.8. The third kappa shape index (κ3) is 8.94. The number of carbonyl (C=O) groups excluding carboxylic acids is 2. The van der Waals surface area contributed by atoms with Gasteiger partial charge in [0.15, 0.2) is 0 Å². The molecule has 0 spiro atoms. The van der Waals surface area contributed by atoms with E-state index >= 15 is 0 Å². The number of carbonyl (C=O) groups is 2. The quantitative estimate of drug-likeness (QED) is 0.162. The molecule has 6 nitrogen and oxygen atoms in total. The Balaban J connectivity index is 1.50. The molecule has 3 aliphatic rings. The van der Waals surface area contributed by atoms with Gasteiger partial charge in [0.25, 0.3) is 0 Å². The highest BCUT2D eigenvalue weighted by Crippen LogP contribution is 2.50. The molecule has 4 atom stereocenters.